The molecule has 3 rings (SSSR count). The summed E-state index contributed by atoms with van der Waals surface area (Å²) in [7, 11) is -2.58. The third-order valence-electron chi connectivity index (χ3n) is 4.54. The molecule has 2 aromatic carbocycles. The summed E-state index contributed by atoms with van der Waals surface area (Å²) in [6.07, 6.45) is 0. The molecule has 0 saturated carbocycles. The predicted molar refractivity (Wildman–Crippen MR) is 103 cm³/mol. The zero-order chi connectivity index (χ0) is 18.9. The van der Waals surface area contributed by atoms with Gasteiger partial charge in [-0.25, -0.2) is 8.42 Å². The maximum absolute atomic E-state index is 13.0. The minimum Gasteiger partial charge on any atom is -0.490 e. The van der Waals surface area contributed by atoms with Crippen molar-refractivity contribution in [3.8, 4) is 5.75 Å². The summed E-state index contributed by atoms with van der Waals surface area (Å²) in [6, 6.07) is 12.7. The second-order valence-electron chi connectivity index (χ2n) is 6.09. The van der Waals surface area contributed by atoms with Gasteiger partial charge in [0.25, 0.3) is 0 Å². The van der Waals surface area contributed by atoms with Crippen molar-refractivity contribution in [2.24, 2.45) is 5.73 Å². The number of nitrogens with zero attached hydrogens (tertiary/aromatic N) is 2. The second kappa shape index (κ2) is 8.22. The van der Waals surface area contributed by atoms with Crippen LogP contribution in [-0.2, 0) is 10.0 Å². The van der Waals surface area contributed by atoms with E-state index in [0.717, 1.165) is 11.6 Å². The SMILES string of the molecule is COc1cc(S(=O)(=O)N2C[C@@H](N)[C@H](c3ccccc3)C2)ccc1[N+](=O)[O-].Cl. The molecule has 1 heterocycles. The molecular formula is C17H20ClN3O5S. The standard InChI is InChI=1S/C17H19N3O5S.ClH/c1-25-17-9-13(7-8-16(17)20(21)22)26(23,24)19-10-14(15(18)11-19)12-5-3-2-4-6-12;/h2-9,14-15H,10-11,18H2,1H3;1H/t14-,15+;/m0./s1. The Labute approximate surface area is 163 Å². The first kappa shape index (κ1) is 21.1. The summed E-state index contributed by atoms with van der Waals surface area (Å²) in [6.45, 7) is 0.439. The van der Waals surface area contributed by atoms with Gasteiger partial charge in [-0.15, -0.1) is 12.4 Å². The molecule has 1 aliphatic rings. The molecule has 10 heteroatoms. The van der Waals surface area contributed by atoms with Gasteiger partial charge in [0.15, 0.2) is 5.75 Å². The van der Waals surface area contributed by atoms with Gasteiger partial charge >= 0.3 is 5.69 Å². The molecule has 0 amide bonds. The molecule has 1 saturated heterocycles. The van der Waals surface area contributed by atoms with Gasteiger partial charge in [-0.3, -0.25) is 10.1 Å². The highest BCUT2D eigenvalue weighted by Crippen LogP contribution is 2.34. The quantitative estimate of drug-likeness (QED) is 0.593. The van der Waals surface area contributed by atoms with E-state index in [9.17, 15) is 18.5 Å². The van der Waals surface area contributed by atoms with Crippen molar-refractivity contribution < 1.29 is 18.1 Å². The lowest BCUT2D eigenvalue weighted by Crippen LogP contribution is -2.32. The van der Waals surface area contributed by atoms with E-state index >= 15 is 0 Å². The van der Waals surface area contributed by atoms with Gasteiger partial charge in [0, 0.05) is 37.2 Å². The van der Waals surface area contributed by atoms with Crippen LogP contribution < -0.4 is 10.5 Å². The van der Waals surface area contributed by atoms with Crippen LogP contribution in [0.3, 0.4) is 0 Å². The Hall–Kier alpha value is -2.20. The Morgan fingerprint density at radius 3 is 2.44 bits per heavy atom. The number of halogens is 1. The van der Waals surface area contributed by atoms with E-state index < -0.39 is 14.9 Å². The largest absolute Gasteiger partial charge is 0.490 e. The summed E-state index contributed by atoms with van der Waals surface area (Å²) < 4.78 is 32.2. The lowest BCUT2D eigenvalue weighted by molar-refractivity contribution is -0.385. The number of hydrogen-bond acceptors (Lipinski definition) is 6. The first-order valence-corrected chi connectivity index (χ1v) is 9.41. The Balaban J connectivity index is 0.00000261. The highest BCUT2D eigenvalue weighted by molar-refractivity contribution is 7.89. The molecule has 0 bridgehead atoms. The minimum absolute atomic E-state index is 0. The highest BCUT2D eigenvalue weighted by atomic mass is 35.5. The Morgan fingerprint density at radius 1 is 1.19 bits per heavy atom. The van der Waals surface area contributed by atoms with Crippen molar-refractivity contribution in [2.75, 3.05) is 20.2 Å². The van der Waals surface area contributed by atoms with E-state index in [2.05, 4.69) is 0 Å². The normalized spacial score (nSPS) is 20.1. The molecular weight excluding hydrogens is 394 g/mol. The molecule has 2 N–H and O–H groups in total. The first-order valence-electron chi connectivity index (χ1n) is 7.97. The fourth-order valence-corrected chi connectivity index (χ4v) is 4.68. The van der Waals surface area contributed by atoms with E-state index in [1.807, 2.05) is 30.3 Å². The van der Waals surface area contributed by atoms with Crippen LogP contribution >= 0.6 is 12.4 Å². The van der Waals surface area contributed by atoms with Crippen LogP contribution in [0.25, 0.3) is 0 Å². The number of nitro groups is 1. The van der Waals surface area contributed by atoms with Gasteiger partial charge in [-0.05, 0) is 11.6 Å². The summed E-state index contributed by atoms with van der Waals surface area (Å²) in [5.41, 5.74) is 6.88. The Morgan fingerprint density at radius 2 is 1.85 bits per heavy atom. The number of methoxy groups -OCH3 is 1. The summed E-state index contributed by atoms with van der Waals surface area (Å²) >= 11 is 0. The van der Waals surface area contributed by atoms with Crippen LogP contribution in [0.5, 0.6) is 5.75 Å². The molecule has 0 aliphatic carbocycles. The maximum atomic E-state index is 13.0. The van der Waals surface area contributed by atoms with Gasteiger partial charge in [0.2, 0.25) is 10.0 Å². The third-order valence-corrected chi connectivity index (χ3v) is 6.37. The number of hydrogen-bond donors (Lipinski definition) is 1. The Kier molecular flexibility index (Phi) is 6.42. The summed E-state index contributed by atoms with van der Waals surface area (Å²) in [5.74, 6) is -0.204. The van der Waals surface area contributed by atoms with Crippen molar-refractivity contribution in [3.05, 3.63) is 64.2 Å². The molecule has 1 aliphatic heterocycles. The molecule has 2 atom stereocenters. The second-order valence-corrected chi connectivity index (χ2v) is 8.03. The third kappa shape index (κ3) is 4.06. The lowest BCUT2D eigenvalue weighted by atomic mass is 9.95. The topological polar surface area (TPSA) is 116 Å². The zero-order valence-corrected chi connectivity index (χ0v) is 16.2. The van der Waals surface area contributed by atoms with Gasteiger partial charge < -0.3 is 10.5 Å². The van der Waals surface area contributed by atoms with E-state index in [0.29, 0.717) is 0 Å². The fourth-order valence-electron chi connectivity index (χ4n) is 3.16. The van der Waals surface area contributed by atoms with Crippen LogP contribution in [0.4, 0.5) is 5.69 Å². The molecule has 0 spiro atoms. The molecule has 2 aromatic rings. The maximum Gasteiger partial charge on any atom is 0.310 e. The number of nitro benzene ring substituents is 1. The van der Waals surface area contributed by atoms with E-state index in [1.165, 1.54) is 23.5 Å². The van der Waals surface area contributed by atoms with Crippen molar-refractivity contribution in [2.45, 2.75) is 16.9 Å². The van der Waals surface area contributed by atoms with Crippen molar-refractivity contribution >= 4 is 28.1 Å². The van der Waals surface area contributed by atoms with Gasteiger partial charge in [0.05, 0.1) is 16.9 Å². The van der Waals surface area contributed by atoms with Crippen LogP contribution in [-0.4, -0.2) is 43.9 Å². The summed E-state index contributed by atoms with van der Waals surface area (Å²) in [4.78, 5) is 10.3. The van der Waals surface area contributed by atoms with Crippen LogP contribution in [0.1, 0.15) is 11.5 Å². The number of rotatable bonds is 5. The molecule has 0 radical (unpaired) electrons. The van der Waals surface area contributed by atoms with E-state index in [4.69, 9.17) is 10.5 Å². The van der Waals surface area contributed by atoms with Crippen LogP contribution in [0, 0.1) is 10.1 Å². The molecule has 0 unspecified atom stereocenters. The van der Waals surface area contributed by atoms with E-state index in [1.54, 1.807) is 0 Å². The first-order chi connectivity index (χ1) is 12.3. The van der Waals surface area contributed by atoms with Crippen molar-refractivity contribution in [1.82, 2.24) is 4.31 Å². The minimum atomic E-state index is -3.84. The predicted octanol–water partition coefficient (Wildman–Crippen LogP) is 2.14. The molecule has 8 nitrogen and oxygen atoms in total. The number of nitrogens with two attached hydrogens (primary N) is 1. The average molecular weight is 414 g/mol. The fraction of sp³-hybridized carbons (Fsp3) is 0.294. The van der Waals surface area contributed by atoms with E-state index in [-0.39, 0.29) is 53.8 Å². The number of sulfonamides is 1. The Bertz CT molecular complexity index is 923. The van der Waals surface area contributed by atoms with Crippen LogP contribution in [0.2, 0.25) is 0 Å². The highest BCUT2D eigenvalue weighted by Gasteiger charge is 2.38. The molecule has 27 heavy (non-hydrogen) atoms. The molecule has 146 valence electrons. The number of benzene rings is 2. The van der Waals surface area contributed by atoms with Crippen LogP contribution in [0.15, 0.2) is 53.4 Å². The average Bonchev–Trinajstić information content (AvgIpc) is 3.04. The smallest absolute Gasteiger partial charge is 0.310 e. The number of ether oxygens (including phenoxy) is 1. The molecule has 1 fully saturated rings. The van der Waals surface area contributed by atoms with Crippen molar-refractivity contribution in [3.63, 3.8) is 0 Å². The molecule has 0 aromatic heterocycles. The van der Waals surface area contributed by atoms with Gasteiger partial charge in [0.1, 0.15) is 0 Å². The zero-order valence-electron chi connectivity index (χ0n) is 14.5. The van der Waals surface area contributed by atoms with Gasteiger partial charge in [-0.1, -0.05) is 30.3 Å². The monoisotopic (exact) mass is 413 g/mol. The van der Waals surface area contributed by atoms with Crippen molar-refractivity contribution in [1.29, 1.82) is 0 Å². The van der Waals surface area contributed by atoms with Gasteiger partial charge in [-0.2, -0.15) is 4.31 Å². The lowest BCUT2D eigenvalue weighted by Gasteiger charge is -2.17. The summed E-state index contributed by atoms with van der Waals surface area (Å²) in [5, 5.41) is 11.0.